The Kier molecular flexibility index (Phi) is 4.02. The Morgan fingerprint density at radius 2 is 2.24 bits per heavy atom. The normalized spacial score (nSPS) is 21.5. The van der Waals surface area contributed by atoms with E-state index in [2.05, 4.69) is 54.6 Å². The molecule has 17 heavy (non-hydrogen) atoms. The summed E-state index contributed by atoms with van der Waals surface area (Å²) in [6.07, 6.45) is 0. The highest BCUT2D eigenvalue weighted by molar-refractivity contribution is 5.52. The number of aryl methyl sites for hydroxylation is 2. The Morgan fingerprint density at radius 3 is 3.00 bits per heavy atom. The summed E-state index contributed by atoms with van der Waals surface area (Å²) in [6.45, 7) is 8.63. The van der Waals surface area contributed by atoms with Crippen LogP contribution in [0.4, 0.5) is 5.69 Å². The minimum Gasteiger partial charge on any atom is -0.383 e. The van der Waals surface area contributed by atoms with Crippen LogP contribution in [0.3, 0.4) is 0 Å². The lowest BCUT2D eigenvalue weighted by Gasteiger charge is -2.33. The van der Waals surface area contributed by atoms with Gasteiger partial charge in [-0.3, -0.25) is 4.90 Å². The average molecular weight is 233 g/mol. The molecule has 1 heterocycles. The third kappa shape index (κ3) is 3.20. The number of likely N-dealkylation sites (N-methyl/N-ethyl adjacent to an activating group) is 1. The predicted molar refractivity (Wildman–Crippen MR) is 73.7 cm³/mol. The standard InChI is InChI=1S/C14H23N3/c1-11-4-5-12(2)14(8-11)16-10-13-9-15-6-7-17(13)3/h4-5,8,13,15-16H,6-7,9-10H2,1-3H3. The molecule has 0 aliphatic carbocycles. The van der Waals surface area contributed by atoms with Crippen LogP contribution < -0.4 is 10.6 Å². The van der Waals surface area contributed by atoms with Crippen molar-refractivity contribution in [3.8, 4) is 0 Å². The van der Waals surface area contributed by atoms with Crippen LogP contribution in [0.5, 0.6) is 0 Å². The summed E-state index contributed by atoms with van der Waals surface area (Å²) in [6, 6.07) is 7.16. The maximum absolute atomic E-state index is 3.57. The number of benzene rings is 1. The third-order valence-electron chi connectivity index (χ3n) is 3.57. The molecule has 1 unspecified atom stereocenters. The third-order valence-corrected chi connectivity index (χ3v) is 3.57. The summed E-state index contributed by atoms with van der Waals surface area (Å²) >= 11 is 0. The Labute approximate surface area is 104 Å². The summed E-state index contributed by atoms with van der Waals surface area (Å²) in [5.74, 6) is 0. The van der Waals surface area contributed by atoms with E-state index in [1.165, 1.54) is 16.8 Å². The van der Waals surface area contributed by atoms with Crippen LogP contribution >= 0.6 is 0 Å². The first-order valence-electron chi connectivity index (χ1n) is 6.39. The second kappa shape index (κ2) is 5.52. The van der Waals surface area contributed by atoms with E-state index >= 15 is 0 Å². The summed E-state index contributed by atoms with van der Waals surface area (Å²) in [5, 5.41) is 7.02. The van der Waals surface area contributed by atoms with Crippen molar-refractivity contribution in [1.82, 2.24) is 10.2 Å². The molecule has 1 fully saturated rings. The van der Waals surface area contributed by atoms with E-state index < -0.39 is 0 Å². The summed E-state index contributed by atoms with van der Waals surface area (Å²) in [4.78, 5) is 2.43. The fourth-order valence-corrected chi connectivity index (χ4v) is 2.24. The Balaban J connectivity index is 1.94. The van der Waals surface area contributed by atoms with Gasteiger partial charge in [-0.2, -0.15) is 0 Å². The van der Waals surface area contributed by atoms with Crippen molar-refractivity contribution in [3.05, 3.63) is 29.3 Å². The molecule has 0 amide bonds. The second-order valence-corrected chi connectivity index (χ2v) is 5.04. The Hall–Kier alpha value is -1.06. The van der Waals surface area contributed by atoms with Gasteiger partial charge < -0.3 is 10.6 Å². The number of nitrogens with one attached hydrogen (secondary N) is 2. The van der Waals surface area contributed by atoms with Gasteiger partial charge in [0, 0.05) is 37.9 Å². The van der Waals surface area contributed by atoms with Gasteiger partial charge in [0.2, 0.25) is 0 Å². The molecule has 2 rings (SSSR count). The number of rotatable bonds is 3. The van der Waals surface area contributed by atoms with Crippen LogP contribution in [0.1, 0.15) is 11.1 Å². The first-order chi connectivity index (χ1) is 8.16. The number of hydrogen-bond donors (Lipinski definition) is 2. The van der Waals surface area contributed by atoms with Crippen molar-refractivity contribution in [3.63, 3.8) is 0 Å². The molecule has 3 heteroatoms. The number of anilines is 1. The molecule has 0 spiro atoms. The van der Waals surface area contributed by atoms with Crippen molar-refractivity contribution in [2.24, 2.45) is 0 Å². The summed E-state index contributed by atoms with van der Waals surface area (Å²) < 4.78 is 0. The zero-order valence-corrected chi connectivity index (χ0v) is 11.1. The van der Waals surface area contributed by atoms with Crippen molar-refractivity contribution in [1.29, 1.82) is 0 Å². The Morgan fingerprint density at radius 1 is 1.41 bits per heavy atom. The highest BCUT2D eigenvalue weighted by atomic mass is 15.2. The van der Waals surface area contributed by atoms with E-state index in [-0.39, 0.29) is 0 Å². The van der Waals surface area contributed by atoms with Gasteiger partial charge in [-0.1, -0.05) is 12.1 Å². The molecule has 1 aromatic carbocycles. The topological polar surface area (TPSA) is 27.3 Å². The van der Waals surface area contributed by atoms with Crippen molar-refractivity contribution >= 4 is 5.69 Å². The smallest absolute Gasteiger partial charge is 0.0390 e. The van der Waals surface area contributed by atoms with Crippen LogP contribution in [0.2, 0.25) is 0 Å². The molecular weight excluding hydrogens is 210 g/mol. The van der Waals surface area contributed by atoms with Crippen LogP contribution in [0.15, 0.2) is 18.2 Å². The number of nitrogens with zero attached hydrogens (tertiary/aromatic N) is 1. The van der Waals surface area contributed by atoms with Gasteiger partial charge in [0.25, 0.3) is 0 Å². The molecule has 1 saturated heterocycles. The molecule has 0 aromatic heterocycles. The van der Waals surface area contributed by atoms with E-state index in [4.69, 9.17) is 0 Å². The minimum atomic E-state index is 0.587. The van der Waals surface area contributed by atoms with E-state index in [1.807, 2.05) is 0 Å². The maximum atomic E-state index is 3.57. The zero-order chi connectivity index (χ0) is 12.3. The van der Waals surface area contributed by atoms with Crippen molar-refractivity contribution < 1.29 is 0 Å². The number of piperazine rings is 1. The molecule has 0 saturated carbocycles. The molecule has 0 bridgehead atoms. The first-order valence-corrected chi connectivity index (χ1v) is 6.39. The Bertz CT molecular complexity index is 376. The SMILES string of the molecule is Cc1ccc(C)c(NCC2CNCCN2C)c1. The monoisotopic (exact) mass is 233 g/mol. The van der Waals surface area contributed by atoms with E-state index in [9.17, 15) is 0 Å². The zero-order valence-electron chi connectivity index (χ0n) is 11.1. The van der Waals surface area contributed by atoms with Crippen molar-refractivity contribution in [2.75, 3.05) is 38.5 Å². The lowest BCUT2D eigenvalue weighted by Crippen LogP contribution is -2.52. The highest BCUT2D eigenvalue weighted by Gasteiger charge is 2.17. The van der Waals surface area contributed by atoms with Crippen LogP contribution in [-0.2, 0) is 0 Å². The predicted octanol–water partition coefficient (Wildman–Crippen LogP) is 1.62. The van der Waals surface area contributed by atoms with Gasteiger partial charge in [0.15, 0.2) is 0 Å². The van der Waals surface area contributed by atoms with Gasteiger partial charge in [-0.05, 0) is 38.1 Å². The summed E-state index contributed by atoms with van der Waals surface area (Å²) in [7, 11) is 2.20. The molecule has 1 aliphatic heterocycles. The molecule has 1 aromatic rings. The molecular formula is C14H23N3. The van der Waals surface area contributed by atoms with E-state index in [1.54, 1.807) is 0 Å². The molecule has 1 aliphatic rings. The summed E-state index contributed by atoms with van der Waals surface area (Å²) in [5.41, 5.74) is 3.90. The largest absolute Gasteiger partial charge is 0.383 e. The quantitative estimate of drug-likeness (QED) is 0.831. The number of hydrogen-bond acceptors (Lipinski definition) is 3. The average Bonchev–Trinajstić information content (AvgIpc) is 2.32. The first kappa shape index (κ1) is 12.4. The lowest BCUT2D eigenvalue weighted by molar-refractivity contribution is 0.209. The van der Waals surface area contributed by atoms with Gasteiger partial charge in [0.1, 0.15) is 0 Å². The van der Waals surface area contributed by atoms with Gasteiger partial charge >= 0.3 is 0 Å². The highest BCUT2D eigenvalue weighted by Crippen LogP contribution is 2.16. The van der Waals surface area contributed by atoms with E-state index in [0.29, 0.717) is 6.04 Å². The fourth-order valence-electron chi connectivity index (χ4n) is 2.24. The minimum absolute atomic E-state index is 0.587. The lowest BCUT2D eigenvalue weighted by atomic mass is 10.1. The van der Waals surface area contributed by atoms with Gasteiger partial charge in [-0.15, -0.1) is 0 Å². The van der Waals surface area contributed by atoms with Crippen LogP contribution in [0.25, 0.3) is 0 Å². The van der Waals surface area contributed by atoms with Gasteiger partial charge in [0.05, 0.1) is 0 Å². The van der Waals surface area contributed by atoms with Crippen LogP contribution in [0, 0.1) is 13.8 Å². The molecule has 0 radical (unpaired) electrons. The maximum Gasteiger partial charge on any atom is 0.0390 e. The molecule has 1 atom stereocenters. The molecule has 2 N–H and O–H groups in total. The van der Waals surface area contributed by atoms with Gasteiger partial charge in [-0.25, -0.2) is 0 Å². The van der Waals surface area contributed by atoms with Crippen molar-refractivity contribution in [2.45, 2.75) is 19.9 Å². The van der Waals surface area contributed by atoms with Crippen LogP contribution in [-0.4, -0.2) is 44.2 Å². The second-order valence-electron chi connectivity index (χ2n) is 5.04. The molecule has 94 valence electrons. The van der Waals surface area contributed by atoms with E-state index in [0.717, 1.165) is 26.2 Å². The fraction of sp³-hybridized carbons (Fsp3) is 0.571. The molecule has 3 nitrogen and oxygen atoms in total.